The topological polar surface area (TPSA) is 25.2 Å². The largest absolute Gasteiger partial charge is 0.464 e. The van der Waals surface area contributed by atoms with Crippen molar-refractivity contribution < 1.29 is 8.81 Å². The van der Waals surface area contributed by atoms with Crippen LogP contribution in [0.1, 0.15) is 24.8 Å². The van der Waals surface area contributed by atoms with Crippen molar-refractivity contribution in [1.29, 1.82) is 0 Å². The number of nitrogens with one attached hydrogen (secondary N) is 1. The Bertz CT molecular complexity index is 534. The number of rotatable bonds is 1. The lowest BCUT2D eigenvalue weighted by Crippen LogP contribution is -2.33. The summed E-state index contributed by atoms with van der Waals surface area (Å²) in [5.74, 6) is 0.735. The molecule has 0 bridgehead atoms. The molecule has 0 saturated carbocycles. The van der Waals surface area contributed by atoms with Gasteiger partial charge in [-0.15, -0.1) is 0 Å². The molecule has 0 amide bonds. The smallest absolute Gasteiger partial charge is 0.137 e. The van der Waals surface area contributed by atoms with Gasteiger partial charge >= 0.3 is 0 Å². The van der Waals surface area contributed by atoms with Crippen molar-refractivity contribution in [2.75, 3.05) is 13.1 Å². The second-order valence-corrected chi connectivity index (χ2v) is 4.91. The third-order valence-corrected chi connectivity index (χ3v) is 3.73. The third-order valence-electron chi connectivity index (χ3n) is 3.73. The molecular formula is C14H16FNO. The molecule has 0 spiro atoms. The van der Waals surface area contributed by atoms with Gasteiger partial charge in [-0.2, -0.15) is 0 Å². The van der Waals surface area contributed by atoms with Gasteiger partial charge in [0, 0.05) is 10.9 Å². The van der Waals surface area contributed by atoms with Gasteiger partial charge in [-0.05, 0) is 49.5 Å². The number of fused-ring (bicyclic) bond motifs is 1. The van der Waals surface area contributed by atoms with Crippen LogP contribution in [-0.2, 0) is 0 Å². The average Bonchev–Trinajstić information content (AvgIpc) is 2.76. The highest BCUT2D eigenvalue weighted by Gasteiger charge is 2.25. The average molecular weight is 233 g/mol. The highest BCUT2D eigenvalue weighted by molar-refractivity contribution is 5.81. The third kappa shape index (κ3) is 1.84. The fourth-order valence-corrected chi connectivity index (χ4v) is 2.82. The lowest BCUT2D eigenvalue weighted by atomic mass is 9.82. The van der Waals surface area contributed by atoms with E-state index >= 15 is 0 Å². The summed E-state index contributed by atoms with van der Waals surface area (Å²) in [5.41, 5.74) is 1.88. The van der Waals surface area contributed by atoms with E-state index in [1.54, 1.807) is 12.3 Å². The Labute approximate surface area is 99.8 Å². The van der Waals surface area contributed by atoms with E-state index in [0.29, 0.717) is 11.8 Å². The molecule has 1 saturated heterocycles. The Hall–Kier alpha value is -1.35. The number of halogens is 1. The van der Waals surface area contributed by atoms with Crippen LogP contribution in [-0.4, -0.2) is 13.1 Å². The van der Waals surface area contributed by atoms with Gasteiger partial charge in [-0.3, -0.25) is 0 Å². The zero-order valence-corrected chi connectivity index (χ0v) is 9.87. The van der Waals surface area contributed by atoms with Crippen LogP contribution in [0.5, 0.6) is 0 Å². The Balaban J connectivity index is 2.11. The summed E-state index contributed by atoms with van der Waals surface area (Å²) in [6.07, 6.45) is 2.68. The van der Waals surface area contributed by atoms with E-state index in [2.05, 4.69) is 12.2 Å². The van der Waals surface area contributed by atoms with Crippen molar-refractivity contribution in [1.82, 2.24) is 5.32 Å². The van der Waals surface area contributed by atoms with E-state index in [9.17, 15) is 4.39 Å². The number of hydrogen-bond donors (Lipinski definition) is 1. The minimum atomic E-state index is -0.167. The first-order valence-corrected chi connectivity index (χ1v) is 6.13. The number of benzene rings is 1. The van der Waals surface area contributed by atoms with Crippen LogP contribution < -0.4 is 5.32 Å². The summed E-state index contributed by atoms with van der Waals surface area (Å²) in [5, 5.41) is 4.23. The van der Waals surface area contributed by atoms with Gasteiger partial charge in [0.25, 0.3) is 0 Å². The summed E-state index contributed by atoms with van der Waals surface area (Å²) >= 11 is 0. The normalized spacial score (nSPS) is 25.3. The fraction of sp³-hybridized carbons (Fsp3) is 0.429. The zero-order valence-electron chi connectivity index (χ0n) is 9.87. The number of piperidine rings is 1. The van der Waals surface area contributed by atoms with Gasteiger partial charge in [0.2, 0.25) is 0 Å². The molecule has 3 rings (SSSR count). The Morgan fingerprint density at radius 2 is 2.29 bits per heavy atom. The molecule has 17 heavy (non-hydrogen) atoms. The minimum absolute atomic E-state index is 0.167. The maximum absolute atomic E-state index is 13.6. The first-order chi connectivity index (χ1) is 8.25. The van der Waals surface area contributed by atoms with Gasteiger partial charge in [-0.25, -0.2) is 4.39 Å². The molecule has 1 aromatic carbocycles. The molecular weight excluding hydrogens is 217 g/mol. The highest BCUT2D eigenvalue weighted by atomic mass is 19.1. The lowest BCUT2D eigenvalue weighted by molar-refractivity contribution is 0.348. The first kappa shape index (κ1) is 10.8. The maximum atomic E-state index is 13.6. The molecule has 2 heterocycles. The molecule has 2 atom stereocenters. The number of furan rings is 1. The second-order valence-electron chi connectivity index (χ2n) is 4.91. The fourth-order valence-electron chi connectivity index (χ4n) is 2.82. The first-order valence-electron chi connectivity index (χ1n) is 6.13. The van der Waals surface area contributed by atoms with Gasteiger partial charge in [-0.1, -0.05) is 6.92 Å². The summed E-state index contributed by atoms with van der Waals surface area (Å²) in [7, 11) is 0. The van der Waals surface area contributed by atoms with Crippen molar-refractivity contribution in [3.63, 3.8) is 0 Å². The van der Waals surface area contributed by atoms with Gasteiger partial charge < -0.3 is 9.73 Å². The van der Waals surface area contributed by atoms with E-state index in [4.69, 9.17) is 4.42 Å². The van der Waals surface area contributed by atoms with Gasteiger partial charge in [0.1, 0.15) is 11.4 Å². The van der Waals surface area contributed by atoms with E-state index in [1.165, 1.54) is 6.07 Å². The van der Waals surface area contributed by atoms with Gasteiger partial charge in [0.05, 0.1) is 6.26 Å². The highest BCUT2D eigenvalue weighted by Crippen LogP contribution is 2.35. The molecule has 90 valence electrons. The molecule has 1 aliphatic rings. The van der Waals surface area contributed by atoms with Crippen LogP contribution in [0.25, 0.3) is 11.0 Å². The van der Waals surface area contributed by atoms with E-state index in [1.807, 2.05) is 6.07 Å². The number of hydrogen-bond acceptors (Lipinski definition) is 2. The van der Waals surface area contributed by atoms with Crippen molar-refractivity contribution in [3.05, 3.63) is 35.8 Å². The van der Waals surface area contributed by atoms with Crippen molar-refractivity contribution in [2.24, 2.45) is 5.92 Å². The SMILES string of the molecule is C[C@@H]1CNCC[C@@H]1c1cc(F)cc2ccoc12. The molecule has 3 heteroatoms. The molecule has 1 aliphatic heterocycles. The molecule has 0 radical (unpaired) electrons. The zero-order chi connectivity index (χ0) is 11.8. The summed E-state index contributed by atoms with van der Waals surface area (Å²) < 4.78 is 19.1. The summed E-state index contributed by atoms with van der Waals surface area (Å²) in [4.78, 5) is 0. The molecule has 1 fully saturated rings. The maximum Gasteiger partial charge on any atom is 0.137 e. The summed E-state index contributed by atoms with van der Waals surface area (Å²) in [6, 6.07) is 5.00. The van der Waals surface area contributed by atoms with Gasteiger partial charge in [0.15, 0.2) is 0 Å². The summed E-state index contributed by atoms with van der Waals surface area (Å²) in [6.45, 7) is 4.19. The lowest BCUT2D eigenvalue weighted by Gasteiger charge is -2.29. The van der Waals surface area contributed by atoms with Crippen LogP contribution in [0.3, 0.4) is 0 Å². The molecule has 0 aliphatic carbocycles. The predicted octanol–water partition coefficient (Wildman–Crippen LogP) is 3.28. The second kappa shape index (κ2) is 4.15. The molecule has 1 aromatic heterocycles. The van der Waals surface area contributed by atoms with Crippen LogP contribution in [0.4, 0.5) is 4.39 Å². The van der Waals surface area contributed by atoms with Crippen LogP contribution in [0.15, 0.2) is 28.9 Å². The minimum Gasteiger partial charge on any atom is -0.464 e. The Morgan fingerprint density at radius 1 is 1.41 bits per heavy atom. The Kier molecular flexibility index (Phi) is 2.63. The quantitative estimate of drug-likeness (QED) is 0.817. The molecule has 2 aromatic rings. The van der Waals surface area contributed by atoms with E-state index < -0.39 is 0 Å². The molecule has 2 nitrogen and oxygen atoms in total. The van der Waals surface area contributed by atoms with Crippen molar-refractivity contribution in [3.8, 4) is 0 Å². The predicted molar refractivity (Wildman–Crippen MR) is 65.6 cm³/mol. The molecule has 0 unspecified atom stereocenters. The van der Waals surface area contributed by atoms with Crippen molar-refractivity contribution >= 4 is 11.0 Å². The van der Waals surface area contributed by atoms with Crippen molar-refractivity contribution in [2.45, 2.75) is 19.3 Å². The van der Waals surface area contributed by atoms with Crippen LogP contribution in [0.2, 0.25) is 0 Å². The molecule has 1 N–H and O–H groups in total. The van der Waals surface area contributed by atoms with E-state index in [-0.39, 0.29) is 5.82 Å². The van der Waals surface area contributed by atoms with Crippen LogP contribution >= 0.6 is 0 Å². The van der Waals surface area contributed by atoms with Crippen LogP contribution in [0, 0.1) is 11.7 Å². The van der Waals surface area contributed by atoms with E-state index in [0.717, 1.165) is 36.0 Å². The monoisotopic (exact) mass is 233 g/mol. The standard InChI is InChI=1S/C14H16FNO/c1-9-8-16-4-2-12(9)13-7-11(15)6-10-3-5-17-14(10)13/h3,5-7,9,12,16H,2,4,8H2,1H3/t9-,12+/m1/s1. The Morgan fingerprint density at radius 3 is 3.12 bits per heavy atom.